The molecule has 6 heteroatoms. The third-order valence-electron chi connectivity index (χ3n) is 3.38. The number of sulfonamides is 1. The van der Waals surface area contributed by atoms with Crippen LogP contribution in [-0.2, 0) is 10.0 Å². The van der Waals surface area contributed by atoms with Gasteiger partial charge in [-0.3, -0.25) is 0 Å². The van der Waals surface area contributed by atoms with Gasteiger partial charge in [0.05, 0.1) is 23.6 Å². The Morgan fingerprint density at radius 2 is 1.70 bits per heavy atom. The summed E-state index contributed by atoms with van der Waals surface area (Å²) in [6.07, 6.45) is -0.809. The van der Waals surface area contributed by atoms with Gasteiger partial charge in [0, 0.05) is 0 Å². The molecule has 0 aromatic heterocycles. The Kier molecular flexibility index (Phi) is 4.84. The zero-order valence-corrected chi connectivity index (χ0v) is 13.6. The van der Waals surface area contributed by atoms with Gasteiger partial charge >= 0.3 is 0 Å². The molecule has 0 heterocycles. The molecular weight excluding hydrogens is 278 g/mol. The van der Waals surface area contributed by atoms with Crippen LogP contribution in [0.1, 0.15) is 31.9 Å². The van der Waals surface area contributed by atoms with Crippen molar-refractivity contribution in [1.82, 2.24) is 4.72 Å². The number of methoxy groups -OCH3 is 1. The summed E-state index contributed by atoms with van der Waals surface area (Å²) in [5.41, 5.74) is 0.268. The van der Waals surface area contributed by atoms with Crippen LogP contribution in [0.15, 0.2) is 17.0 Å². The lowest BCUT2D eigenvalue weighted by Gasteiger charge is -2.29. The Balaban J connectivity index is 3.30. The van der Waals surface area contributed by atoms with Crippen LogP contribution >= 0.6 is 0 Å². The lowest BCUT2D eigenvalue weighted by Crippen LogP contribution is -2.51. The second kappa shape index (κ2) is 5.71. The number of benzene rings is 1. The fourth-order valence-corrected chi connectivity index (χ4v) is 3.87. The summed E-state index contributed by atoms with van der Waals surface area (Å²) < 4.78 is 32.7. The zero-order valence-electron chi connectivity index (χ0n) is 12.8. The fraction of sp³-hybridized carbons (Fsp3) is 0.571. The molecule has 0 amide bonds. The van der Waals surface area contributed by atoms with Crippen molar-refractivity contribution in [3.05, 3.63) is 23.3 Å². The summed E-state index contributed by atoms with van der Waals surface area (Å²) in [7, 11) is -2.18. The number of ether oxygens (including phenoxy) is 1. The smallest absolute Gasteiger partial charge is 0.241 e. The summed E-state index contributed by atoms with van der Waals surface area (Å²) in [5.74, 6) is 0.619. The normalized spacial score (nSPS) is 14.2. The second-order valence-corrected chi connectivity index (χ2v) is 7.21. The van der Waals surface area contributed by atoms with Crippen LogP contribution < -0.4 is 9.46 Å². The van der Waals surface area contributed by atoms with Gasteiger partial charge in [0.15, 0.2) is 0 Å². The maximum absolute atomic E-state index is 12.5. The molecule has 1 unspecified atom stereocenters. The Morgan fingerprint density at radius 3 is 2.05 bits per heavy atom. The first-order valence-electron chi connectivity index (χ1n) is 6.38. The van der Waals surface area contributed by atoms with Crippen molar-refractivity contribution in [2.45, 2.75) is 51.2 Å². The number of aliphatic hydroxyl groups excluding tert-OH is 1. The Labute approximate surface area is 121 Å². The summed E-state index contributed by atoms with van der Waals surface area (Å²) in [6.45, 7) is 8.28. The van der Waals surface area contributed by atoms with Gasteiger partial charge in [0.1, 0.15) is 5.75 Å². The van der Waals surface area contributed by atoms with Crippen molar-refractivity contribution in [3.63, 3.8) is 0 Å². The minimum absolute atomic E-state index is 0.229. The molecule has 1 aromatic carbocycles. The van der Waals surface area contributed by atoms with Gasteiger partial charge in [-0.2, -0.15) is 0 Å². The minimum atomic E-state index is -3.71. The van der Waals surface area contributed by atoms with Crippen molar-refractivity contribution >= 4 is 10.0 Å². The third kappa shape index (κ3) is 3.50. The number of nitrogens with one attached hydrogen (secondary N) is 1. The Morgan fingerprint density at radius 1 is 1.25 bits per heavy atom. The van der Waals surface area contributed by atoms with Crippen LogP contribution in [0.4, 0.5) is 0 Å². The average Bonchev–Trinajstić information content (AvgIpc) is 2.25. The van der Waals surface area contributed by atoms with Crippen molar-refractivity contribution in [2.24, 2.45) is 0 Å². The van der Waals surface area contributed by atoms with E-state index in [9.17, 15) is 13.5 Å². The maximum atomic E-state index is 12.5. The van der Waals surface area contributed by atoms with E-state index in [1.807, 2.05) is 0 Å². The molecule has 0 aliphatic heterocycles. The first-order valence-corrected chi connectivity index (χ1v) is 7.87. The van der Waals surface area contributed by atoms with Gasteiger partial charge in [0.25, 0.3) is 0 Å². The molecule has 0 spiro atoms. The Bertz CT molecular complexity index is 568. The molecule has 5 nitrogen and oxygen atoms in total. The highest BCUT2D eigenvalue weighted by Crippen LogP contribution is 2.27. The SMILES string of the molecule is COc1cc(C)c(S(=O)(=O)NC(C)(C)C(C)O)c(C)c1. The molecule has 2 N–H and O–H groups in total. The summed E-state index contributed by atoms with van der Waals surface area (Å²) >= 11 is 0. The predicted molar refractivity (Wildman–Crippen MR) is 78.5 cm³/mol. The number of aryl methyl sites for hydroxylation is 2. The van der Waals surface area contributed by atoms with Crippen LogP contribution in [0, 0.1) is 13.8 Å². The molecule has 114 valence electrons. The van der Waals surface area contributed by atoms with Crippen molar-refractivity contribution in [3.8, 4) is 5.75 Å². The standard InChI is InChI=1S/C14H23NO4S/c1-9-7-12(19-6)8-10(2)13(9)20(17,18)15-14(4,5)11(3)16/h7-8,11,15-16H,1-6H3. The highest BCUT2D eigenvalue weighted by atomic mass is 32.2. The topological polar surface area (TPSA) is 75.6 Å². The lowest BCUT2D eigenvalue weighted by atomic mass is 10.0. The quantitative estimate of drug-likeness (QED) is 0.869. The highest BCUT2D eigenvalue weighted by Gasteiger charge is 2.32. The van der Waals surface area contributed by atoms with E-state index >= 15 is 0 Å². The van der Waals surface area contributed by atoms with Gasteiger partial charge < -0.3 is 9.84 Å². The maximum Gasteiger partial charge on any atom is 0.241 e. The zero-order chi connectivity index (χ0) is 15.7. The van der Waals surface area contributed by atoms with Crippen LogP contribution in [-0.4, -0.2) is 32.3 Å². The monoisotopic (exact) mass is 301 g/mol. The van der Waals surface area contributed by atoms with E-state index in [2.05, 4.69) is 4.72 Å². The van der Waals surface area contributed by atoms with Crippen LogP contribution in [0.2, 0.25) is 0 Å². The van der Waals surface area contributed by atoms with E-state index in [0.29, 0.717) is 16.9 Å². The van der Waals surface area contributed by atoms with E-state index in [1.165, 1.54) is 7.11 Å². The highest BCUT2D eigenvalue weighted by molar-refractivity contribution is 7.89. The number of rotatable bonds is 5. The minimum Gasteiger partial charge on any atom is -0.497 e. The molecule has 0 bridgehead atoms. The fourth-order valence-electron chi connectivity index (χ4n) is 1.93. The molecule has 0 aliphatic carbocycles. The van der Waals surface area contributed by atoms with Crippen LogP contribution in [0.3, 0.4) is 0 Å². The first-order chi connectivity index (χ1) is 9.01. The first kappa shape index (κ1) is 16.9. The molecule has 20 heavy (non-hydrogen) atoms. The Hall–Kier alpha value is -1.11. The van der Waals surface area contributed by atoms with Gasteiger partial charge in [-0.25, -0.2) is 13.1 Å². The number of hydrogen-bond donors (Lipinski definition) is 2. The van der Waals surface area contributed by atoms with E-state index < -0.39 is 21.7 Å². The molecule has 1 atom stereocenters. The lowest BCUT2D eigenvalue weighted by molar-refractivity contribution is 0.111. The van der Waals surface area contributed by atoms with E-state index in [-0.39, 0.29) is 4.90 Å². The molecular formula is C14H23NO4S. The van der Waals surface area contributed by atoms with Gasteiger partial charge in [0.2, 0.25) is 10.0 Å². The molecule has 0 fully saturated rings. The van der Waals surface area contributed by atoms with E-state index in [1.54, 1.807) is 46.8 Å². The summed E-state index contributed by atoms with van der Waals surface area (Å²) in [6, 6.07) is 3.36. The van der Waals surface area contributed by atoms with Gasteiger partial charge in [-0.1, -0.05) is 0 Å². The molecule has 0 aliphatic rings. The van der Waals surface area contributed by atoms with Gasteiger partial charge in [-0.15, -0.1) is 0 Å². The molecule has 0 saturated heterocycles. The predicted octanol–water partition coefficient (Wildman–Crippen LogP) is 1.75. The average molecular weight is 301 g/mol. The van der Waals surface area contributed by atoms with E-state index in [0.717, 1.165) is 0 Å². The van der Waals surface area contributed by atoms with E-state index in [4.69, 9.17) is 4.74 Å². The summed E-state index contributed by atoms with van der Waals surface area (Å²) in [5, 5.41) is 9.66. The molecule has 0 saturated carbocycles. The number of hydrogen-bond acceptors (Lipinski definition) is 4. The summed E-state index contributed by atoms with van der Waals surface area (Å²) in [4.78, 5) is 0.229. The largest absolute Gasteiger partial charge is 0.497 e. The number of aliphatic hydroxyl groups is 1. The molecule has 0 radical (unpaired) electrons. The second-order valence-electron chi connectivity index (χ2n) is 5.59. The van der Waals surface area contributed by atoms with Crippen molar-refractivity contribution in [1.29, 1.82) is 0 Å². The van der Waals surface area contributed by atoms with Crippen molar-refractivity contribution < 1.29 is 18.3 Å². The van der Waals surface area contributed by atoms with Gasteiger partial charge in [-0.05, 0) is 57.9 Å². The van der Waals surface area contributed by atoms with Crippen molar-refractivity contribution in [2.75, 3.05) is 7.11 Å². The third-order valence-corrected chi connectivity index (χ3v) is 5.36. The van der Waals surface area contributed by atoms with Crippen LogP contribution in [0.5, 0.6) is 5.75 Å². The molecule has 1 rings (SSSR count). The molecule has 1 aromatic rings. The van der Waals surface area contributed by atoms with Crippen LogP contribution in [0.25, 0.3) is 0 Å².